The number of nitrogens with one attached hydrogen (secondary N) is 1. The summed E-state index contributed by atoms with van der Waals surface area (Å²) in [5.41, 5.74) is 3.49. The van der Waals surface area contributed by atoms with Crippen LogP contribution in [0.5, 0.6) is 0 Å². The van der Waals surface area contributed by atoms with Crippen LogP contribution in [0.4, 0.5) is 0 Å². The molecule has 1 atom stereocenters. The van der Waals surface area contributed by atoms with E-state index in [1.54, 1.807) is 4.68 Å². The van der Waals surface area contributed by atoms with Crippen LogP contribution >= 0.6 is 11.6 Å². The van der Waals surface area contributed by atoms with Crippen LogP contribution < -0.4 is 5.32 Å². The molecule has 0 fully saturated rings. The Morgan fingerprint density at radius 1 is 1.32 bits per heavy atom. The van der Waals surface area contributed by atoms with Crippen LogP contribution in [-0.4, -0.2) is 23.4 Å². The number of hydrogen-bond donors (Lipinski definition) is 1. The molecule has 19 heavy (non-hydrogen) atoms. The Kier molecular flexibility index (Phi) is 4.61. The molecule has 4 heteroatoms. The maximum atomic E-state index is 6.33. The molecule has 0 aliphatic heterocycles. The quantitative estimate of drug-likeness (QED) is 0.911. The van der Waals surface area contributed by atoms with Gasteiger partial charge in [0, 0.05) is 25.1 Å². The number of hydrogen-bond acceptors (Lipinski definition) is 2. The number of nitrogens with zero attached hydrogens (tertiary/aromatic N) is 2. The fraction of sp³-hybridized carbons (Fsp3) is 0.400. The van der Waals surface area contributed by atoms with E-state index in [1.807, 2.05) is 27.1 Å². The standard InChI is InChI=1S/C15H20ClN3/c1-11-14(15(16)19(3)18-11)9-13(10-17-2)12-7-5-4-6-8-12/h4-8,13,17H,9-10H2,1-3H3. The Hall–Kier alpha value is -1.32. The van der Waals surface area contributed by atoms with Crippen LogP contribution in [0.25, 0.3) is 0 Å². The van der Waals surface area contributed by atoms with Gasteiger partial charge in [-0.25, -0.2) is 0 Å². The van der Waals surface area contributed by atoms with Gasteiger partial charge in [-0.15, -0.1) is 0 Å². The van der Waals surface area contributed by atoms with Crippen molar-refractivity contribution in [3.63, 3.8) is 0 Å². The number of rotatable bonds is 5. The lowest BCUT2D eigenvalue weighted by Crippen LogP contribution is -2.19. The largest absolute Gasteiger partial charge is 0.319 e. The monoisotopic (exact) mass is 277 g/mol. The number of aromatic nitrogens is 2. The zero-order chi connectivity index (χ0) is 13.8. The van der Waals surface area contributed by atoms with E-state index in [9.17, 15) is 0 Å². The molecular weight excluding hydrogens is 258 g/mol. The highest BCUT2D eigenvalue weighted by molar-refractivity contribution is 6.30. The lowest BCUT2D eigenvalue weighted by molar-refractivity contribution is 0.624. The average Bonchev–Trinajstić information content (AvgIpc) is 2.65. The summed E-state index contributed by atoms with van der Waals surface area (Å²) < 4.78 is 1.74. The Labute approximate surface area is 119 Å². The highest BCUT2D eigenvalue weighted by atomic mass is 35.5. The first-order valence-electron chi connectivity index (χ1n) is 6.51. The summed E-state index contributed by atoms with van der Waals surface area (Å²) in [7, 11) is 3.86. The molecule has 102 valence electrons. The Morgan fingerprint density at radius 2 is 2.00 bits per heavy atom. The van der Waals surface area contributed by atoms with Crippen LogP contribution in [-0.2, 0) is 13.5 Å². The van der Waals surface area contributed by atoms with Crippen LogP contribution in [0.15, 0.2) is 30.3 Å². The summed E-state index contributed by atoms with van der Waals surface area (Å²) in [4.78, 5) is 0. The lowest BCUT2D eigenvalue weighted by Gasteiger charge is -2.17. The predicted molar refractivity (Wildman–Crippen MR) is 79.8 cm³/mol. The summed E-state index contributed by atoms with van der Waals surface area (Å²) >= 11 is 6.33. The van der Waals surface area contributed by atoms with Crippen molar-refractivity contribution in [3.05, 3.63) is 52.3 Å². The van der Waals surface area contributed by atoms with Crippen molar-refractivity contribution in [1.82, 2.24) is 15.1 Å². The van der Waals surface area contributed by atoms with E-state index in [2.05, 4.69) is 34.7 Å². The van der Waals surface area contributed by atoms with E-state index in [4.69, 9.17) is 11.6 Å². The predicted octanol–water partition coefficient (Wildman–Crippen LogP) is 2.93. The van der Waals surface area contributed by atoms with E-state index in [0.717, 1.165) is 29.4 Å². The number of aryl methyl sites for hydroxylation is 2. The molecule has 0 spiro atoms. The summed E-state index contributed by atoms with van der Waals surface area (Å²) in [6, 6.07) is 10.5. The SMILES string of the molecule is CNCC(Cc1c(C)nn(C)c1Cl)c1ccccc1. The van der Waals surface area contributed by atoms with Crippen molar-refractivity contribution in [3.8, 4) is 0 Å². The second kappa shape index (κ2) is 6.22. The van der Waals surface area contributed by atoms with Gasteiger partial charge in [0.1, 0.15) is 5.15 Å². The zero-order valence-electron chi connectivity index (χ0n) is 11.7. The van der Waals surface area contributed by atoms with Crippen LogP contribution in [0.2, 0.25) is 5.15 Å². The van der Waals surface area contributed by atoms with Crippen molar-refractivity contribution in [2.75, 3.05) is 13.6 Å². The van der Waals surface area contributed by atoms with E-state index in [-0.39, 0.29) is 0 Å². The van der Waals surface area contributed by atoms with Crippen molar-refractivity contribution >= 4 is 11.6 Å². The summed E-state index contributed by atoms with van der Waals surface area (Å²) in [5.74, 6) is 0.409. The van der Waals surface area contributed by atoms with E-state index < -0.39 is 0 Å². The second-order valence-corrected chi connectivity index (χ2v) is 5.21. The Morgan fingerprint density at radius 3 is 2.53 bits per heavy atom. The van der Waals surface area contributed by atoms with Crippen molar-refractivity contribution in [2.24, 2.45) is 7.05 Å². The van der Waals surface area contributed by atoms with Gasteiger partial charge in [-0.05, 0) is 26.0 Å². The average molecular weight is 278 g/mol. The molecule has 0 saturated carbocycles. The highest BCUT2D eigenvalue weighted by Gasteiger charge is 2.18. The maximum absolute atomic E-state index is 6.33. The first kappa shape index (κ1) is 14.1. The number of halogens is 1. The van der Waals surface area contributed by atoms with Gasteiger partial charge in [0.25, 0.3) is 0 Å². The van der Waals surface area contributed by atoms with Crippen molar-refractivity contribution < 1.29 is 0 Å². The van der Waals surface area contributed by atoms with Gasteiger partial charge in [-0.1, -0.05) is 41.9 Å². The topological polar surface area (TPSA) is 29.9 Å². The normalized spacial score (nSPS) is 12.6. The molecule has 2 aromatic rings. The molecule has 1 unspecified atom stereocenters. The first-order chi connectivity index (χ1) is 9.13. The minimum atomic E-state index is 0.409. The molecule has 1 aromatic heterocycles. The van der Waals surface area contributed by atoms with Gasteiger partial charge in [-0.2, -0.15) is 5.10 Å². The molecule has 3 nitrogen and oxygen atoms in total. The van der Waals surface area contributed by atoms with Crippen molar-refractivity contribution in [2.45, 2.75) is 19.3 Å². The third-order valence-corrected chi connectivity index (χ3v) is 3.91. The summed E-state index contributed by atoms with van der Waals surface area (Å²) in [6.45, 7) is 2.94. The molecule has 1 N–H and O–H groups in total. The number of benzene rings is 1. The van der Waals surface area contributed by atoms with Gasteiger partial charge >= 0.3 is 0 Å². The fourth-order valence-corrected chi connectivity index (χ4v) is 2.68. The molecule has 1 aromatic carbocycles. The van der Waals surface area contributed by atoms with Crippen LogP contribution in [0.3, 0.4) is 0 Å². The first-order valence-corrected chi connectivity index (χ1v) is 6.88. The van der Waals surface area contributed by atoms with Gasteiger partial charge in [0.05, 0.1) is 5.69 Å². The van der Waals surface area contributed by atoms with Crippen molar-refractivity contribution in [1.29, 1.82) is 0 Å². The second-order valence-electron chi connectivity index (χ2n) is 4.85. The number of likely N-dealkylation sites (N-methyl/N-ethyl adjacent to an activating group) is 1. The van der Waals surface area contributed by atoms with Gasteiger partial charge in [-0.3, -0.25) is 4.68 Å². The van der Waals surface area contributed by atoms with Crippen LogP contribution in [0, 0.1) is 6.92 Å². The molecule has 2 rings (SSSR count). The van der Waals surface area contributed by atoms with Gasteiger partial charge in [0.15, 0.2) is 0 Å². The van der Waals surface area contributed by atoms with E-state index in [1.165, 1.54) is 5.56 Å². The Bertz CT molecular complexity index is 534. The smallest absolute Gasteiger partial charge is 0.130 e. The molecule has 0 amide bonds. The lowest BCUT2D eigenvalue weighted by atomic mass is 9.92. The highest BCUT2D eigenvalue weighted by Crippen LogP contribution is 2.26. The van der Waals surface area contributed by atoms with Gasteiger partial charge in [0.2, 0.25) is 0 Å². The van der Waals surface area contributed by atoms with Crippen LogP contribution in [0.1, 0.15) is 22.7 Å². The third kappa shape index (κ3) is 3.17. The third-order valence-electron chi connectivity index (χ3n) is 3.44. The minimum absolute atomic E-state index is 0.409. The molecule has 0 radical (unpaired) electrons. The minimum Gasteiger partial charge on any atom is -0.319 e. The molecule has 0 saturated heterocycles. The maximum Gasteiger partial charge on any atom is 0.130 e. The molecule has 0 aliphatic carbocycles. The summed E-state index contributed by atoms with van der Waals surface area (Å²) in [6.07, 6.45) is 0.906. The summed E-state index contributed by atoms with van der Waals surface area (Å²) in [5, 5.41) is 8.39. The molecule has 1 heterocycles. The van der Waals surface area contributed by atoms with E-state index >= 15 is 0 Å². The Balaban J connectivity index is 2.26. The van der Waals surface area contributed by atoms with E-state index in [0.29, 0.717) is 5.92 Å². The zero-order valence-corrected chi connectivity index (χ0v) is 12.4. The molecular formula is C15H20ClN3. The molecule has 0 bridgehead atoms. The van der Waals surface area contributed by atoms with Gasteiger partial charge < -0.3 is 5.32 Å². The fourth-order valence-electron chi connectivity index (χ4n) is 2.43. The molecule has 0 aliphatic rings.